The van der Waals surface area contributed by atoms with Crippen molar-refractivity contribution in [3.05, 3.63) is 47.5 Å². The van der Waals surface area contributed by atoms with Crippen molar-refractivity contribution in [3.63, 3.8) is 0 Å². The SMILES string of the molecule is CC[C@@H](/C=C/C(=O)N1Cc2ccccc2C1)NC(=O)[C@@H](N)CC. The Kier molecular flexibility index (Phi) is 5.93. The smallest absolute Gasteiger partial charge is 0.246 e. The average molecular weight is 315 g/mol. The standard InChI is InChI=1S/C18H25N3O2/c1-3-15(20-18(23)16(19)4-2)9-10-17(22)21-11-13-7-5-6-8-14(13)12-21/h5-10,15-16H,3-4,11-12,19H2,1-2H3,(H,20,23)/b10-9+/t15-,16-/m0/s1. The Balaban J connectivity index is 1.91. The highest BCUT2D eigenvalue weighted by molar-refractivity contribution is 5.88. The van der Waals surface area contributed by atoms with Crippen LogP contribution in [0.3, 0.4) is 0 Å². The van der Waals surface area contributed by atoms with Crippen molar-refractivity contribution in [2.75, 3.05) is 0 Å². The van der Waals surface area contributed by atoms with Crippen LogP contribution in [0.1, 0.15) is 37.8 Å². The molecule has 0 radical (unpaired) electrons. The summed E-state index contributed by atoms with van der Waals surface area (Å²) in [4.78, 5) is 25.9. The lowest BCUT2D eigenvalue weighted by molar-refractivity contribution is -0.126. The number of hydrogen-bond donors (Lipinski definition) is 2. The predicted molar refractivity (Wildman–Crippen MR) is 90.3 cm³/mol. The first kappa shape index (κ1) is 17.2. The number of nitrogens with zero attached hydrogens (tertiary/aromatic N) is 1. The van der Waals surface area contributed by atoms with E-state index in [0.717, 1.165) is 0 Å². The molecule has 2 rings (SSSR count). The Morgan fingerprint density at radius 2 is 1.83 bits per heavy atom. The third-order valence-corrected chi connectivity index (χ3v) is 4.17. The van der Waals surface area contributed by atoms with Crippen LogP contribution < -0.4 is 11.1 Å². The summed E-state index contributed by atoms with van der Waals surface area (Å²) in [6, 6.07) is 7.40. The molecule has 124 valence electrons. The van der Waals surface area contributed by atoms with Crippen LogP contribution in [0.25, 0.3) is 0 Å². The minimum absolute atomic E-state index is 0.0336. The molecule has 1 aliphatic heterocycles. The number of carbonyl (C=O) groups excluding carboxylic acids is 2. The lowest BCUT2D eigenvalue weighted by Gasteiger charge is -2.17. The van der Waals surface area contributed by atoms with Crippen molar-refractivity contribution < 1.29 is 9.59 Å². The fourth-order valence-corrected chi connectivity index (χ4v) is 2.55. The summed E-state index contributed by atoms with van der Waals surface area (Å²) in [6.07, 6.45) is 4.62. The Labute approximate surface area is 137 Å². The molecule has 0 fully saturated rings. The molecule has 0 aromatic heterocycles. The molecule has 5 heteroatoms. The van der Waals surface area contributed by atoms with E-state index in [-0.39, 0.29) is 17.9 Å². The minimum Gasteiger partial charge on any atom is -0.349 e. The molecular weight excluding hydrogens is 290 g/mol. The second kappa shape index (κ2) is 7.92. The monoisotopic (exact) mass is 315 g/mol. The van der Waals surface area contributed by atoms with Crippen LogP contribution in [-0.4, -0.2) is 28.8 Å². The van der Waals surface area contributed by atoms with Crippen LogP contribution in [0.4, 0.5) is 0 Å². The summed E-state index contributed by atoms with van der Waals surface area (Å²) < 4.78 is 0. The molecule has 0 spiro atoms. The number of nitrogens with two attached hydrogens (primary N) is 1. The maximum atomic E-state index is 12.3. The van der Waals surface area contributed by atoms with E-state index in [0.29, 0.717) is 25.9 Å². The van der Waals surface area contributed by atoms with Gasteiger partial charge in [-0.2, -0.15) is 0 Å². The molecule has 0 aliphatic carbocycles. The summed E-state index contributed by atoms with van der Waals surface area (Å²) in [5.74, 6) is -0.210. The van der Waals surface area contributed by atoms with Crippen molar-refractivity contribution >= 4 is 11.8 Å². The molecule has 3 N–H and O–H groups in total. The van der Waals surface area contributed by atoms with Crippen LogP contribution in [0.15, 0.2) is 36.4 Å². The van der Waals surface area contributed by atoms with Gasteiger partial charge in [-0.1, -0.05) is 44.2 Å². The third-order valence-electron chi connectivity index (χ3n) is 4.17. The second-order valence-corrected chi connectivity index (χ2v) is 5.86. The van der Waals surface area contributed by atoms with E-state index >= 15 is 0 Å². The Morgan fingerprint density at radius 3 is 2.35 bits per heavy atom. The van der Waals surface area contributed by atoms with Crippen LogP contribution in [0.2, 0.25) is 0 Å². The predicted octanol–water partition coefficient (Wildman–Crippen LogP) is 1.72. The quantitative estimate of drug-likeness (QED) is 0.785. The number of carbonyl (C=O) groups is 2. The molecule has 1 aliphatic rings. The molecule has 1 aromatic carbocycles. The Hall–Kier alpha value is -2.14. The average Bonchev–Trinajstić information content (AvgIpc) is 3.01. The highest BCUT2D eigenvalue weighted by atomic mass is 16.2. The first-order valence-corrected chi connectivity index (χ1v) is 8.15. The summed E-state index contributed by atoms with van der Waals surface area (Å²) in [7, 11) is 0. The zero-order valence-electron chi connectivity index (χ0n) is 13.8. The maximum Gasteiger partial charge on any atom is 0.246 e. The molecule has 2 amide bonds. The highest BCUT2D eigenvalue weighted by Gasteiger charge is 2.21. The normalized spacial score (nSPS) is 16.2. The number of hydrogen-bond acceptors (Lipinski definition) is 3. The molecular formula is C18H25N3O2. The first-order valence-electron chi connectivity index (χ1n) is 8.15. The Morgan fingerprint density at radius 1 is 1.22 bits per heavy atom. The molecule has 5 nitrogen and oxygen atoms in total. The van der Waals surface area contributed by atoms with Gasteiger partial charge in [0.1, 0.15) is 0 Å². The van der Waals surface area contributed by atoms with Crippen molar-refractivity contribution in [3.8, 4) is 0 Å². The topological polar surface area (TPSA) is 75.4 Å². The molecule has 2 atom stereocenters. The molecule has 0 bridgehead atoms. The Bertz CT molecular complexity index is 573. The van der Waals surface area contributed by atoms with Crippen LogP contribution in [0.5, 0.6) is 0 Å². The van der Waals surface area contributed by atoms with E-state index in [1.54, 1.807) is 17.1 Å². The van der Waals surface area contributed by atoms with E-state index in [2.05, 4.69) is 5.32 Å². The third kappa shape index (κ3) is 4.42. The second-order valence-electron chi connectivity index (χ2n) is 5.86. The molecule has 0 saturated heterocycles. The van der Waals surface area contributed by atoms with Crippen molar-refractivity contribution in [2.45, 2.75) is 51.9 Å². The lowest BCUT2D eigenvalue weighted by atomic mass is 10.1. The number of amides is 2. The van der Waals surface area contributed by atoms with E-state index in [4.69, 9.17) is 5.73 Å². The van der Waals surface area contributed by atoms with Gasteiger partial charge in [-0.05, 0) is 24.0 Å². The first-order chi connectivity index (χ1) is 11.0. The highest BCUT2D eigenvalue weighted by Crippen LogP contribution is 2.22. The van der Waals surface area contributed by atoms with Gasteiger partial charge in [-0.3, -0.25) is 9.59 Å². The summed E-state index contributed by atoms with van der Waals surface area (Å²) in [5, 5.41) is 2.86. The van der Waals surface area contributed by atoms with Crippen LogP contribution >= 0.6 is 0 Å². The zero-order valence-corrected chi connectivity index (χ0v) is 13.8. The minimum atomic E-state index is -0.499. The largest absolute Gasteiger partial charge is 0.349 e. The fourth-order valence-electron chi connectivity index (χ4n) is 2.55. The maximum absolute atomic E-state index is 12.3. The van der Waals surface area contributed by atoms with Gasteiger partial charge in [0.05, 0.1) is 6.04 Å². The van der Waals surface area contributed by atoms with Crippen LogP contribution in [0, 0.1) is 0 Å². The number of fused-ring (bicyclic) bond motifs is 1. The zero-order chi connectivity index (χ0) is 16.8. The number of benzene rings is 1. The summed E-state index contributed by atoms with van der Waals surface area (Å²) in [5.41, 5.74) is 8.11. The van der Waals surface area contributed by atoms with Gasteiger partial charge >= 0.3 is 0 Å². The van der Waals surface area contributed by atoms with Gasteiger partial charge in [0.15, 0.2) is 0 Å². The summed E-state index contributed by atoms with van der Waals surface area (Å²) >= 11 is 0. The molecule has 1 aromatic rings. The molecule has 0 unspecified atom stereocenters. The van der Waals surface area contributed by atoms with Gasteiger partial charge < -0.3 is 16.0 Å². The van der Waals surface area contributed by atoms with E-state index < -0.39 is 6.04 Å². The molecule has 23 heavy (non-hydrogen) atoms. The number of rotatable bonds is 6. The van der Waals surface area contributed by atoms with Crippen LogP contribution in [-0.2, 0) is 22.7 Å². The fraction of sp³-hybridized carbons (Fsp3) is 0.444. The van der Waals surface area contributed by atoms with Crippen molar-refractivity contribution in [1.82, 2.24) is 10.2 Å². The van der Waals surface area contributed by atoms with Gasteiger partial charge in [0.25, 0.3) is 0 Å². The van der Waals surface area contributed by atoms with Crippen molar-refractivity contribution in [1.29, 1.82) is 0 Å². The van der Waals surface area contributed by atoms with Gasteiger partial charge in [0, 0.05) is 25.2 Å². The van der Waals surface area contributed by atoms with Gasteiger partial charge in [-0.25, -0.2) is 0 Å². The van der Waals surface area contributed by atoms with Gasteiger partial charge in [-0.15, -0.1) is 0 Å². The number of nitrogens with one attached hydrogen (secondary N) is 1. The molecule has 0 saturated carbocycles. The summed E-state index contributed by atoms with van der Waals surface area (Å²) in [6.45, 7) is 5.12. The van der Waals surface area contributed by atoms with Crippen molar-refractivity contribution in [2.24, 2.45) is 5.73 Å². The van der Waals surface area contributed by atoms with E-state index in [1.165, 1.54) is 11.1 Å². The molecule has 1 heterocycles. The van der Waals surface area contributed by atoms with Gasteiger partial charge in [0.2, 0.25) is 11.8 Å². The van der Waals surface area contributed by atoms with E-state index in [1.807, 2.05) is 38.1 Å². The van der Waals surface area contributed by atoms with E-state index in [9.17, 15) is 9.59 Å². The lowest BCUT2D eigenvalue weighted by Crippen LogP contribution is -2.44.